The number of hydrogen-bond acceptors (Lipinski definition) is 7. The number of fused-ring (bicyclic) bond motifs is 2. The first-order valence-corrected chi connectivity index (χ1v) is 10.6. The number of carbonyl (C=O) groups is 4. The van der Waals surface area contributed by atoms with Gasteiger partial charge in [0.2, 0.25) is 5.91 Å². The van der Waals surface area contributed by atoms with E-state index in [1.165, 1.54) is 30.5 Å². The number of benzene rings is 1. The first-order chi connectivity index (χ1) is 14.3. The fourth-order valence-electron chi connectivity index (χ4n) is 4.11. The van der Waals surface area contributed by atoms with Crippen LogP contribution < -0.4 is 0 Å². The van der Waals surface area contributed by atoms with Gasteiger partial charge in [-0.1, -0.05) is 42.1 Å². The van der Waals surface area contributed by atoms with Crippen LogP contribution in [0.3, 0.4) is 0 Å². The minimum absolute atomic E-state index is 0.220. The summed E-state index contributed by atoms with van der Waals surface area (Å²) in [4.78, 5) is 52.8. The van der Waals surface area contributed by atoms with E-state index in [1.54, 1.807) is 11.8 Å². The summed E-state index contributed by atoms with van der Waals surface area (Å²) in [7, 11) is 0. The maximum absolute atomic E-state index is 13.3. The zero-order valence-corrected chi connectivity index (χ0v) is 17.7. The van der Waals surface area contributed by atoms with Crippen molar-refractivity contribution < 1.29 is 28.7 Å². The van der Waals surface area contributed by atoms with Crippen molar-refractivity contribution in [2.24, 2.45) is 5.92 Å². The van der Waals surface area contributed by atoms with Crippen molar-refractivity contribution in [1.82, 2.24) is 9.80 Å². The summed E-state index contributed by atoms with van der Waals surface area (Å²) in [5.41, 5.74) is 1.21. The second-order valence-corrected chi connectivity index (χ2v) is 8.70. The van der Waals surface area contributed by atoms with Crippen LogP contribution in [0.2, 0.25) is 0 Å². The van der Waals surface area contributed by atoms with E-state index in [4.69, 9.17) is 9.47 Å². The van der Waals surface area contributed by atoms with Crippen molar-refractivity contribution in [3.05, 3.63) is 46.5 Å². The van der Waals surface area contributed by atoms with E-state index in [1.807, 2.05) is 30.3 Å². The van der Waals surface area contributed by atoms with Crippen LogP contribution in [0.15, 0.2) is 40.9 Å². The van der Waals surface area contributed by atoms with Gasteiger partial charge < -0.3 is 14.4 Å². The second-order valence-electron chi connectivity index (χ2n) is 7.54. The Morgan fingerprint density at radius 3 is 2.50 bits per heavy atom. The van der Waals surface area contributed by atoms with Gasteiger partial charge in [0.25, 0.3) is 5.91 Å². The highest BCUT2D eigenvalue weighted by molar-refractivity contribution is 8.04. The largest absolute Gasteiger partial charge is 0.462 e. The molecule has 0 saturated carbocycles. The minimum Gasteiger partial charge on any atom is -0.462 e. The van der Waals surface area contributed by atoms with Crippen LogP contribution in [0, 0.1) is 5.92 Å². The van der Waals surface area contributed by atoms with Crippen molar-refractivity contribution in [1.29, 1.82) is 0 Å². The summed E-state index contributed by atoms with van der Waals surface area (Å²) in [5, 5.41) is -0.351. The lowest BCUT2D eigenvalue weighted by Gasteiger charge is -2.45. The van der Waals surface area contributed by atoms with Gasteiger partial charge in [-0.25, -0.2) is 0 Å². The van der Waals surface area contributed by atoms with Crippen LogP contribution in [0.25, 0.3) is 0 Å². The molecule has 1 saturated heterocycles. The van der Waals surface area contributed by atoms with Crippen molar-refractivity contribution in [3.8, 4) is 0 Å². The monoisotopic (exact) mass is 430 g/mol. The summed E-state index contributed by atoms with van der Waals surface area (Å²) in [6.45, 7) is 4.86. The number of thioether (sulfide) groups is 1. The molecule has 2 amide bonds. The zero-order chi connectivity index (χ0) is 21.6. The van der Waals surface area contributed by atoms with Crippen molar-refractivity contribution in [3.63, 3.8) is 0 Å². The lowest BCUT2D eigenvalue weighted by molar-refractivity contribution is -0.165. The molecule has 158 valence electrons. The highest BCUT2D eigenvalue weighted by Crippen LogP contribution is 2.53. The number of esters is 2. The molecule has 0 spiro atoms. The Labute approximate surface area is 178 Å². The van der Waals surface area contributed by atoms with E-state index < -0.39 is 30.1 Å². The quantitative estimate of drug-likeness (QED) is 0.518. The number of ether oxygens (including phenoxy) is 2. The van der Waals surface area contributed by atoms with E-state index in [-0.39, 0.29) is 29.4 Å². The molecular formula is C21H22N2O6S. The molecule has 1 aromatic carbocycles. The molecule has 3 aliphatic heterocycles. The summed E-state index contributed by atoms with van der Waals surface area (Å²) in [6.07, 6.45) is -1.24. The van der Waals surface area contributed by atoms with E-state index in [9.17, 15) is 19.2 Å². The van der Waals surface area contributed by atoms with Crippen LogP contribution in [-0.2, 0) is 35.2 Å². The predicted octanol–water partition coefficient (Wildman–Crippen LogP) is 1.65. The summed E-state index contributed by atoms with van der Waals surface area (Å²) in [6, 6.07) is 9.50. The summed E-state index contributed by atoms with van der Waals surface area (Å²) < 4.78 is 10.7. The van der Waals surface area contributed by atoms with Gasteiger partial charge in [0.05, 0.1) is 11.4 Å². The number of amides is 2. The standard InChI is InChI=1S/C21H22N2O6S/c1-11(28-12(2)24)16-19(26)23-17-18(30-21(16)23)15(29-13(3)25)10-22(20(17)27)9-14-7-5-4-6-8-14/h4-8,11,15-16,21H,9-10H2,1-3H3/t11-,15?,16+,21+/m1/s1. The van der Waals surface area contributed by atoms with Gasteiger partial charge >= 0.3 is 11.9 Å². The maximum atomic E-state index is 13.3. The fourth-order valence-corrected chi connectivity index (χ4v) is 5.74. The Morgan fingerprint density at radius 1 is 1.17 bits per heavy atom. The third-order valence-corrected chi connectivity index (χ3v) is 6.81. The Balaban J connectivity index is 1.61. The van der Waals surface area contributed by atoms with E-state index in [0.29, 0.717) is 11.4 Å². The van der Waals surface area contributed by atoms with E-state index >= 15 is 0 Å². The fraction of sp³-hybridized carbons (Fsp3) is 0.429. The molecule has 9 heteroatoms. The zero-order valence-electron chi connectivity index (χ0n) is 16.9. The van der Waals surface area contributed by atoms with Gasteiger partial charge in [-0.15, -0.1) is 0 Å². The Hall–Kier alpha value is -2.81. The minimum atomic E-state index is -0.632. The SMILES string of the molecule is CC(=O)OC1CN(Cc2ccccc2)C(=O)C2=C1S[C@H]1[C@@H]([C@@H](C)OC(C)=O)C(=O)N21. The molecule has 30 heavy (non-hydrogen) atoms. The molecule has 4 rings (SSSR count). The first kappa shape index (κ1) is 20.5. The molecule has 0 radical (unpaired) electrons. The Morgan fingerprint density at radius 2 is 1.87 bits per heavy atom. The number of rotatable bonds is 5. The van der Waals surface area contributed by atoms with Crippen molar-refractivity contribution in [2.45, 2.75) is 44.9 Å². The molecule has 0 bridgehead atoms. The number of hydrogen-bond donors (Lipinski definition) is 0. The summed E-state index contributed by atoms with van der Waals surface area (Å²) >= 11 is 1.34. The normalized spacial score (nSPS) is 26.0. The molecule has 1 aromatic rings. The molecular weight excluding hydrogens is 408 g/mol. The third-order valence-electron chi connectivity index (χ3n) is 5.36. The second kappa shape index (κ2) is 7.79. The van der Waals surface area contributed by atoms with E-state index in [0.717, 1.165) is 5.56 Å². The van der Waals surface area contributed by atoms with Crippen LogP contribution in [-0.4, -0.2) is 57.7 Å². The summed E-state index contributed by atoms with van der Waals surface area (Å²) in [5.74, 6) is -1.98. The lowest BCUT2D eigenvalue weighted by atomic mass is 9.91. The van der Waals surface area contributed by atoms with E-state index in [2.05, 4.69) is 0 Å². The van der Waals surface area contributed by atoms with Crippen LogP contribution in [0.1, 0.15) is 26.3 Å². The van der Waals surface area contributed by atoms with Crippen molar-refractivity contribution >= 4 is 35.5 Å². The van der Waals surface area contributed by atoms with Crippen LogP contribution in [0.5, 0.6) is 0 Å². The van der Waals surface area contributed by atoms with Gasteiger partial charge in [0.1, 0.15) is 23.1 Å². The van der Waals surface area contributed by atoms with Gasteiger partial charge in [0, 0.05) is 20.4 Å². The molecule has 0 aromatic heterocycles. The topological polar surface area (TPSA) is 93.2 Å². The average Bonchev–Trinajstić information content (AvgIpc) is 3.01. The van der Waals surface area contributed by atoms with Crippen LogP contribution >= 0.6 is 11.8 Å². The van der Waals surface area contributed by atoms with Gasteiger partial charge in [-0.3, -0.25) is 24.1 Å². The van der Waals surface area contributed by atoms with Crippen molar-refractivity contribution in [2.75, 3.05) is 6.54 Å². The molecule has 4 atom stereocenters. The van der Waals surface area contributed by atoms with Gasteiger partial charge in [0.15, 0.2) is 6.10 Å². The molecule has 0 aliphatic carbocycles. The lowest BCUT2D eigenvalue weighted by Crippen LogP contribution is -2.62. The molecule has 8 nitrogen and oxygen atoms in total. The molecule has 1 fully saturated rings. The highest BCUT2D eigenvalue weighted by atomic mass is 32.2. The van der Waals surface area contributed by atoms with Gasteiger partial charge in [-0.2, -0.15) is 0 Å². The van der Waals surface area contributed by atoms with Crippen LogP contribution in [0.4, 0.5) is 0 Å². The first-order valence-electron chi connectivity index (χ1n) is 9.69. The highest BCUT2D eigenvalue weighted by Gasteiger charge is 2.61. The number of β-lactam (4-membered cyclic amide) rings is 1. The average molecular weight is 430 g/mol. The molecule has 1 unspecified atom stereocenters. The molecule has 0 N–H and O–H groups in total. The maximum Gasteiger partial charge on any atom is 0.303 e. The molecule has 3 heterocycles. The number of carbonyl (C=O) groups excluding carboxylic acids is 4. The Kier molecular flexibility index (Phi) is 5.31. The molecule has 3 aliphatic rings. The Bertz CT molecular complexity index is 946. The smallest absolute Gasteiger partial charge is 0.303 e. The predicted molar refractivity (Wildman–Crippen MR) is 107 cm³/mol. The third kappa shape index (κ3) is 3.47. The number of nitrogens with zero attached hydrogens (tertiary/aromatic N) is 2. The van der Waals surface area contributed by atoms with Gasteiger partial charge in [-0.05, 0) is 12.5 Å².